The predicted molar refractivity (Wildman–Crippen MR) is 61.7 cm³/mol. The smallest absolute Gasteiger partial charge is 0.410 e. The molecule has 2 rings (SSSR count). The van der Waals surface area contributed by atoms with Crippen LogP contribution in [-0.4, -0.2) is 48.5 Å². The molecule has 5 nitrogen and oxygen atoms in total. The summed E-state index contributed by atoms with van der Waals surface area (Å²) in [5.74, 6) is 0.421. The summed E-state index contributed by atoms with van der Waals surface area (Å²) in [5, 5.41) is 0. The molecule has 0 saturated carbocycles. The Labute approximate surface area is 99.6 Å². The zero-order chi connectivity index (χ0) is 12.3. The number of likely N-dealkylation sites (N-methyl/N-ethyl adjacent to an activating group) is 1. The van der Waals surface area contributed by atoms with Gasteiger partial charge in [0, 0.05) is 20.1 Å². The van der Waals surface area contributed by atoms with E-state index in [4.69, 9.17) is 4.74 Å². The Balaban J connectivity index is 1.95. The summed E-state index contributed by atoms with van der Waals surface area (Å²) in [4.78, 5) is 26.2. The topological polar surface area (TPSA) is 49.9 Å². The molecule has 0 aromatic heterocycles. The summed E-state index contributed by atoms with van der Waals surface area (Å²) >= 11 is 0. The highest BCUT2D eigenvalue weighted by Gasteiger charge is 2.25. The number of ether oxygens (including phenoxy) is 1. The zero-order valence-corrected chi connectivity index (χ0v) is 9.63. The van der Waals surface area contributed by atoms with Crippen LogP contribution in [0, 0.1) is 0 Å². The van der Waals surface area contributed by atoms with Crippen LogP contribution < -0.4 is 4.74 Å². The third kappa shape index (κ3) is 2.75. The zero-order valence-electron chi connectivity index (χ0n) is 9.63. The van der Waals surface area contributed by atoms with E-state index in [2.05, 4.69) is 0 Å². The van der Waals surface area contributed by atoms with Crippen molar-refractivity contribution in [3.8, 4) is 5.75 Å². The van der Waals surface area contributed by atoms with Crippen molar-refractivity contribution in [1.29, 1.82) is 0 Å². The van der Waals surface area contributed by atoms with Crippen LogP contribution in [0.4, 0.5) is 4.79 Å². The largest absolute Gasteiger partial charge is 0.415 e. The summed E-state index contributed by atoms with van der Waals surface area (Å²) in [6.45, 7) is 1.14. The highest BCUT2D eigenvalue weighted by atomic mass is 16.6. The first kappa shape index (κ1) is 11.4. The Hall–Kier alpha value is -2.04. The number of para-hydroxylation sites is 1. The standard InChI is InChI=1S/C12H14N2O3/c1-13-7-8-14(9-11(13)15)12(16)17-10-5-3-2-4-6-10/h2-6H,7-9H2,1H3. The minimum atomic E-state index is -0.474. The van der Waals surface area contributed by atoms with E-state index in [1.54, 1.807) is 36.2 Å². The average Bonchev–Trinajstić information content (AvgIpc) is 2.34. The quantitative estimate of drug-likeness (QED) is 0.727. The molecule has 90 valence electrons. The molecule has 0 atom stereocenters. The lowest BCUT2D eigenvalue weighted by Gasteiger charge is -2.31. The Kier molecular flexibility index (Phi) is 3.27. The van der Waals surface area contributed by atoms with Crippen molar-refractivity contribution >= 4 is 12.0 Å². The fourth-order valence-electron chi connectivity index (χ4n) is 1.57. The molecule has 1 heterocycles. The minimum absolute atomic E-state index is 0.0683. The van der Waals surface area contributed by atoms with E-state index in [9.17, 15) is 9.59 Å². The van der Waals surface area contributed by atoms with E-state index in [-0.39, 0.29) is 12.5 Å². The first-order chi connectivity index (χ1) is 8.16. The number of rotatable bonds is 1. The maximum Gasteiger partial charge on any atom is 0.415 e. The Morgan fingerprint density at radius 3 is 2.59 bits per heavy atom. The van der Waals surface area contributed by atoms with Gasteiger partial charge in [0.25, 0.3) is 0 Å². The molecular weight excluding hydrogens is 220 g/mol. The molecule has 5 heteroatoms. The second-order valence-corrected chi connectivity index (χ2v) is 3.92. The molecule has 0 bridgehead atoms. The van der Waals surface area contributed by atoms with Gasteiger partial charge in [-0.3, -0.25) is 9.69 Å². The number of amides is 2. The van der Waals surface area contributed by atoms with Gasteiger partial charge in [-0.1, -0.05) is 18.2 Å². The van der Waals surface area contributed by atoms with Gasteiger partial charge in [-0.15, -0.1) is 0 Å². The summed E-state index contributed by atoms with van der Waals surface area (Å²) in [6, 6.07) is 8.83. The van der Waals surface area contributed by atoms with Crippen molar-refractivity contribution < 1.29 is 14.3 Å². The van der Waals surface area contributed by atoms with Gasteiger partial charge in [-0.05, 0) is 12.1 Å². The SMILES string of the molecule is CN1CCN(C(=O)Oc2ccccc2)CC1=O. The molecule has 0 N–H and O–H groups in total. The Morgan fingerprint density at radius 1 is 1.24 bits per heavy atom. The van der Waals surface area contributed by atoms with Crippen LogP contribution in [-0.2, 0) is 4.79 Å². The summed E-state index contributed by atoms with van der Waals surface area (Å²) in [6.07, 6.45) is -0.474. The van der Waals surface area contributed by atoms with Crippen LogP contribution in [0.25, 0.3) is 0 Å². The van der Waals surface area contributed by atoms with Crippen molar-refractivity contribution in [2.45, 2.75) is 0 Å². The van der Waals surface area contributed by atoms with Crippen LogP contribution in [0.1, 0.15) is 0 Å². The molecule has 0 aliphatic carbocycles. The summed E-state index contributed by atoms with van der Waals surface area (Å²) in [5.41, 5.74) is 0. The van der Waals surface area contributed by atoms with Crippen LogP contribution in [0.3, 0.4) is 0 Å². The average molecular weight is 234 g/mol. The lowest BCUT2D eigenvalue weighted by atomic mass is 10.3. The number of nitrogens with zero attached hydrogens (tertiary/aromatic N) is 2. The van der Waals surface area contributed by atoms with E-state index in [0.717, 1.165) is 0 Å². The van der Waals surface area contributed by atoms with Crippen molar-refractivity contribution in [1.82, 2.24) is 9.80 Å². The Bertz CT molecular complexity index is 419. The molecule has 0 radical (unpaired) electrons. The third-order valence-electron chi connectivity index (χ3n) is 2.66. The number of benzene rings is 1. The summed E-state index contributed by atoms with van der Waals surface area (Å²) < 4.78 is 5.15. The number of piperazine rings is 1. The molecule has 2 amide bonds. The third-order valence-corrected chi connectivity index (χ3v) is 2.66. The van der Waals surface area contributed by atoms with Crippen molar-refractivity contribution in [2.75, 3.05) is 26.7 Å². The van der Waals surface area contributed by atoms with Crippen LogP contribution in [0.15, 0.2) is 30.3 Å². The van der Waals surface area contributed by atoms with E-state index in [1.165, 1.54) is 4.90 Å². The predicted octanol–water partition coefficient (Wildman–Crippen LogP) is 0.959. The van der Waals surface area contributed by atoms with Gasteiger partial charge in [-0.25, -0.2) is 4.79 Å². The Morgan fingerprint density at radius 2 is 1.94 bits per heavy atom. The molecule has 1 fully saturated rings. The molecule has 17 heavy (non-hydrogen) atoms. The highest BCUT2D eigenvalue weighted by Crippen LogP contribution is 2.11. The van der Waals surface area contributed by atoms with Gasteiger partial charge in [0.2, 0.25) is 5.91 Å². The molecule has 1 aromatic rings. The van der Waals surface area contributed by atoms with Gasteiger partial charge < -0.3 is 9.64 Å². The molecule has 1 aliphatic heterocycles. The lowest BCUT2D eigenvalue weighted by molar-refractivity contribution is -0.133. The second kappa shape index (κ2) is 4.86. The number of carbonyl (C=O) groups is 2. The lowest BCUT2D eigenvalue weighted by Crippen LogP contribution is -2.51. The molecule has 0 spiro atoms. The van der Waals surface area contributed by atoms with E-state index in [0.29, 0.717) is 18.8 Å². The van der Waals surface area contributed by atoms with Gasteiger partial charge in [-0.2, -0.15) is 0 Å². The molecule has 1 aliphatic rings. The van der Waals surface area contributed by atoms with Crippen LogP contribution in [0.5, 0.6) is 5.75 Å². The van der Waals surface area contributed by atoms with Gasteiger partial charge in [0.05, 0.1) is 0 Å². The fourth-order valence-corrected chi connectivity index (χ4v) is 1.57. The normalized spacial score (nSPS) is 15.9. The maximum absolute atomic E-state index is 11.8. The molecule has 1 aromatic carbocycles. The fraction of sp³-hybridized carbons (Fsp3) is 0.333. The van der Waals surface area contributed by atoms with Crippen molar-refractivity contribution in [2.24, 2.45) is 0 Å². The number of hydrogen-bond donors (Lipinski definition) is 0. The first-order valence-electron chi connectivity index (χ1n) is 5.42. The van der Waals surface area contributed by atoms with E-state index < -0.39 is 6.09 Å². The van der Waals surface area contributed by atoms with E-state index in [1.807, 2.05) is 6.07 Å². The first-order valence-corrected chi connectivity index (χ1v) is 5.42. The molecule has 0 unspecified atom stereocenters. The van der Waals surface area contributed by atoms with Crippen molar-refractivity contribution in [3.63, 3.8) is 0 Å². The molecule has 1 saturated heterocycles. The summed E-state index contributed by atoms with van der Waals surface area (Å²) in [7, 11) is 1.72. The second-order valence-electron chi connectivity index (χ2n) is 3.92. The van der Waals surface area contributed by atoms with Crippen LogP contribution in [0.2, 0.25) is 0 Å². The molecular formula is C12H14N2O3. The van der Waals surface area contributed by atoms with Crippen molar-refractivity contribution in [3.05, 3.63) is 30.3 Å². The highest BCUT2D eigenvalue weighted by molar-refractivity contribution is 5.83. The number of hydrogen-bond acceptors (Lipinski definition) is 3. The van der Waals surface area contributed by atoms with Crippen LogP contribution >= 0.6 is 0 Å². The van der Waals surface area contributed by atoms with Gasteiger partial charge in [0.1, 0.15) is 12.3 Å². The maximum atomic E-state index is 11.8. The van der Waals surface area contributed by atoms with Gasteiger partial charge >= 0.3 is 6.09 Å². The minimum Gasteiger partial charge on any atom is -0.410 e. The monoisotopic (exact) mass is 234 g/mol. The number of carbonyl (C=O) groups excluding carboxylic acids is 2. The van der Waals surface area contributed by atoms with Gasteiger partial charge in [0.15, 0.2) is 0 Å². The van der Waals surface area contributed by atoms with E-state index >= 15 is 0 Å².